The molecular formula is C15H14BrN3O. The van der Waals surface area contributed by atoms with Crippen molar-refractivity contribution in [2.45, 2.75) is 20.0 Å². The van der Waals surface area contributed by atoms with Crippen molar-refractivity contribution in [1.29, 1.82) is 0 Å². The van der Waals surface area contributed by atoms with E-state index >= 15 is 0 Å². The Labute approximate surface area is 125 Å². The quantitative estimate of drug-likeness (QED) is 0.682. The van der Waals surface area contributed by atoms with Crippen molar-refractivity contribution in [3.8, 4) is 11.4 Å². The molecule has 0 aliphatic carbocycles. The monoisotopic (exact) mass is 331 g/mol. The van der Waals surface area contributed by atoms with Crippen LogP contribution in [-0.2, 0) is 0 Å². The summed E-state index contributed by atoms with van der Waals surface area (Å²) in [5.41, 5.74) is 2.93. The van der Waals surface area contributed by atoms with Crippen molar-refractivity contribution in [2.75, 3.05) is 0 Å². The van der Waals surface area contributed by atoms with E-state index in [0.717, 1.165) is 27.1 Å². The minimum atomic E-state index is 0.178. The van der Waals surface area contributed by atoms with Crippen LogP contribution in [0.4, 0.5) is 0 Å². The minimum Gasteiger partial charge on any atom is -0.491 e. The van der Waals surface area contributed by atoms with E-state index in [4.69, 9.17) is 4.74 Å². The van der Waals surface area contributed by atoms with Crippen LogP contribution in [0.25, 0.3) is 16.7 Å². The van der Waals surface area contributed by atoms with E-state index in [-0.39, 0.29) is 6.10 Å². The maximum atomic E-state index is 5.65. The summed E-state index contributed by atoms with van der Waals surface area (Å²) in [6, 6.07) is 9.94. The zero-order valence-corrected chi connectivity index (χ0v) is 12.8. The SMILES string of the molecule is CC(C)Oc1ccc(-n2cnc3cnc(Br)cc32)cc1. The van der Waals surface area contributed by atoms with Gasteiger partial charge in [0.05, 0.1) is 17.8 Å². The van der Waals surface area contributed by atoms with Crippen molar-refractivity contribution < 1.29 is 4.74 Å². The lowest BCUT2D eigenvalue weighted by molar-refractivity contribution is 0.242. The van der Waals surface area contributed by atoms with Crippen LogP contribution in [0.2, 0.25) is 0 Å². The second kappa shape index (κ2) is 5.25. The number of imidazole rings is 1. The number of aromatic nitrogens is 3. The lowest BCUT2D eigenvalue weighted by Gasteiger charge is -2.10. The Morgan fingerprint density at radius 3 is 2.60 bits per heavy atom. The number of fused-ring (bicyclic) bond motifs is 1. The molecule has 0 bridgehead atoms. The number of pyridine rings is 1. The molecule has 1 aromatic carbocycles. The van der Waals surface area contributed by atoms with Gasteiger partial charge in [0.2, 0.25) is 0 Å². The van der Waals surface area contributed by atoms with E-state index in [1.807, 2.05) is 48.7 Å². The van der Waals surface area contributed by atoms with Gasteiger partial charge in [0.25, 0.3) is 0 Å². The topological polar surface area (TPSA) is 39.9 Å². The summed E-state index contributed by atoms with van der Waals surface area (Å²) in [5, 5.41) is 0. The largest absolute Gasteiger partial charge is 0.491 e. The first-order valence-corrected chi connectivity index (χ1v) is 7.18. The molecule has 2 aromatic heterocycles. The number of hydrogen-bond donors (Lipinski definition) is 0. The van der Waals surface area contributed by atoms with Gasteiger partial charge in [-0.3, -0.25) is 4.57 Å². The molecule has 0 spiro atoms. The number of ether oxygens (including phenoxy) is 1. The third-order valence-corrected chi connectivity index (χ3v) is 3.32. The van der Waals surface area contributed by atoms with E-state index < -0.39 is 0 Å². The summed E-state index contributed by atoms with van der Waals surface area (Å²) >= 11 is 3.39. The molecule has 0 aliphatic rings. The van der Waals surface area contributed by atoms with Crippen LogP contribution in [0.1, 0.15) is 13.8 Å². The Balaban J connectivity index is 2.00. The second-order valence-corrected chi connectivity index (χ2v) is 5.58. The van der Waals surface area contributed by atoms with Gasteiger partial charge < -0.3 is 4.74 Å². The Bertz CT molecular complexity index is 734. The highest BCUT2D eigenvalue weighted by atomic mass is 79.9. The lowest BCUT2D eigenvalue weighted by atomic mass is 10.3. The fourth-order valence-corrected chi connectivity index (χ4v) is 2.37. The van der Waals surface area contributed by atoms with Crippen LogP contribution < -0.4 is 4.74 Å². The Morgan fingerprint density at radius 1 is 1.15 bits per heavy atom. The average molecular weight is 332 g/mol. The average Bonchev–Trinajstić information content (AvgIpc) is 2.82. The van der Waals surface area contributed by atoms with E-state index in [2.05, 4.69) is 25.9 Å². The molecule has 0 atom stereocenters. The molecular weight excluding hydrogens is 318 g/mol. The third-order valence-electron chi connectivity index (χ3n) is 2.89. The molecule has 2 heterocycles. The van der Waals surface area contributed by atoms with Crippen LogP contribution in [0.15, 0.2) is 47.5 Å². The molecule has 0 saturated heterocycles. The highest BCUT2D eigenvalue weighted by molar-refractivity contribution is 9.10. The zero-order chi connectivity index (χ0) is 14.1. The first-order chi connectivity index (χ1) is 9.63. The van der Waals surface area contributed by atoms with E-state index in [9.17, 15) is 0 Å². The molecule has 0 saturated carbocycles. The predicted octanol–water partition coefficient (Wildman–Crippen LogP) is 3.97. The van der Waals surface area contributed by atoms with Crippen LogP contribution in [0, 0.1) is 0 Å². The van der Waals surface area contributed by atoms with Gasteiger partial charge in [-0.05, 0) is 60.1 Å². The summed E-state index contributed by atoms with van der Waals surface area (Å²) < 4.78 is 8.48. The molecule has 0 fully saturated rings. The summed E-state index contributed by atoms with van der Waals surface area (Å²) in [5.74, 6) is 0.871. The fourth-order valence-electron chi connectivity index (χ4n) is 2.05. The van der Waals surface area contributed by atoms with Gasteiger partial charge >= 0.3 is 0 Å². The van der Waals surface area contributed by atoms with E-state index in [1.165, 1.54) is 0 Å². The number of hydrogen-bond acceptors (Lipinski definition) is 3. The first kappa shape index (κ1) is 13.1. The molecule has 3 aromatic rings. The van der Waals surface area contributed by atoms with Crippen molar-refractivity contribution in [1.82, 2.24) is 14.5 Å². The molecule has 20 heavy (non-hydrogen) atoms. The van der Waals surface area contributed by atoms with Gasteiger partial charge in [0, 0.05) is 5.69 Å². The van der Waals surface area contributed by atoms with Gasteiger partial charge in [-0.15, -0.1) is 0 Å². The molecule has 0 N–H and O–H groups in total. The highest BCUT2D eigenvalue weighted by Gasteiger charge is 2.06. The molecule has 0 amide bonds. The van der Waals surface area contributed by atoms with Crippen LogP contribution >= 0.6 is 15.9 Å². The molecule has 5 heteroatoms. The van der Waals surface area contributed by atoms with Gasteiger partial charge in [-0.1, -0.05) is 0 Å². The normalized spacial score (nSPS) is 11.2. The van der Waals surface area contributed by atoms with Gasteiger partial charge in [0.15, 0.2) is 0 Å². The molecule has 0 radical (unpaired) electrons. The summed E-state index contributed by atoms with van der Waals surface area (Å²) in [4.78, 5) is 8.54. The number of rotatable bonds is 3. The first-order valence-electron chi connectivity index (χ1n) is 6.39. The molecule has 0 unspecified atom stereocenters. The maximum Gasteiger partial charge on any atom is 0.119 e. The van der Waals surface area contributed by atoms with Gasteiger partial charge in [0.1, 0.15) is 22.2 Å². The van der Waals surface area contributed by atoms with Crippen LogP contribution in [-0.4, -0.2) is 20.6 Å². The highest BCUT2D eigenvalue weighted by Crippen LogP contribution is 2.22. The Morgan fingerprint density at radius 2 is 1.90 bits per heavy atom. The maximum absolute atomic E-state index is 5.65. The van der Waals surface area contributed by atoms with E-state index in [1.54, 1.807) is 12.5 Å². The Kier molecular flexibility index (Phi) is 3.44. The van der Waals surface area contributed by atoms with Crippen molar-refractivity contribution in [2.24, 2.45) is 0 Å². The fraction of sp³-hybridized carbons (Fsp3) is 0.200. The second-order valence-electron chi connectivity index (χ2n) is 4.77. The van der Waals surface area contributed by atoms with E-state index in [0.29, 0.717) is 0 Å². The van der Waals surface area contributed by atoms with Crippen LogP contribution in [0.3, 0.4) is 0 Å². The van der Waals surface area contributed by atoms with Gasteiger partial charge in [-0.2, -0.15) is 0 Å². The van der Waals surface area contributed by atoms with Crippen molar-refractivity contribution >= 4 is 27.0 Å². The van der Waals surface area contributed by atoms with Crippen LogP contribution in [0.5, 0.6) is 5.75 Å². The zero-order valence-electron chi connectivity index (χ0n) is 11.2. The molecule has 3 rings (SSSR count). The number of benzene rings is 1. The minimum absolute atomic E-state index is 0.178. The summed E-state index contributed by atoms with van der Waals surface area (Å²) in [6.07, 6.45) is 3.74. The smallest absolute Gasteiger partial charge is 0.119 e. The molecule has 102 valence electrons. The van der Waals surface area contributed by atoms with Gasteiger partial charge in [-0.25, -0.2) is 9.97 Å². The van der Waals surface area contributed by atoms with Crippen molar-refractivity contribution in [3.63, 3.8) is 0 Å². The number of halogens is 1. The Hall–Kier alpha value is -1.88. The van der Waals surface area contributed by atoms with Crippen molar-refractivity contribution in [3.05, 3.63) is 47.5 Å². The number of nitrogens with zero attached hydrogens (tertiary/aromatic N) is 3. The predicted molar refractivity (Wildman–Crippen MR) is 82.3 cm³/mol. The third kappa shape index (κ3) is 2.54. The summed E-state index contributed by atoms with van der Waals surface area (Å²) in [6.45, 7) is 4.03. The lowest BCUT2D eigenvalue weighted by Crippen LogP contribution is -2.05. The molecule has 4 nitrogen and oxygen atoms in total. The standard InChI is InChI=1S/C15H14BrN3O/c1-10(2)20-12-5-3-11(4-6-12)19-9-18-13-8-17-15(16)7-14(13)19/h3-10H,1-2H3. The molecule has 0 aliphatic heterocycles. The summed E-state index contributed by atoms with van der Waals surface area (Å²) in [7, 11) is 0.